The third kappa shape index (κ3) is 9.07. The van der Waals surface area contributed by atoms with E-state index < -0.39 is 22.0 Å². The molecule has 0 saturated carbocycles. The molecule has 0 bridgehead atoms. The normalized spacial score (nSPS) is 17.0. The highest BCUT2D eigenvalue weighted by atomic mass is 32.2. The largest absolute Gasteiger partial charge is 0.492 e. The monoisotopic (exact) mass is 470 g/mol. The Morgan fingerprint density at radius 1 is 1.06 bits per heavy atom. The number of unbranched alkanes of at least 4 members (excludes halogenated alkanes) is 9. The lowest BCUT2D eigenvalue weighted by atomic mass is 10.1. The van der Waals surface area contributed by atoms with Crippen molar-refractivity contribution < 1.29 is 17.9 Å². The molecule has 1 amide bonds. The van der Waals surface area contributed by atoms with Crippen molar-refractivity contribution in [2.45, 2.75) is 94.9 Å². The summed E-state index contributed by atoms with van der Waals surface area (Å²) in [6.45, 7) is 3.47. The number of hydrogen-bond donors (Lipinski definition) is 1. The summed E-state index contributed by atoms with van der Waals surface area (Å²) >= 11 is 0. The molecule has 0 aromatic heterocycles. The number of carbonyl (C=O) groups excluding carboxylic acids is 1. The van der Waals surface area contributed by atoms with Crippen molar-refractivity contribution >= 4 is 25.3 Å². The molecular formula is C23H39N2O4PS. The SMILES string of the molecule is CCCCCCCCCCCCOc1ccccc1S(=O)(=O)NC(=O)[C@@H]1CCCN1P. The van der Waals surface area contributed by atoms with Crippen molar-refractivity contribution in [3.05, 3.63) is 24.3 Å². The first-order valence-electron chi connectivity index (χ1n) is 11.8. The summed E-state index contributed by atoms with van der Waals surface area (Å²) in [7, 11) is -1.48. The third-order valence-corrected chi connectivity index (χ3v) is 7.73. The van der Waals surface area contributed by atoms with Gasteiger partial charge in [-0.2, -0.15) is 0 Å². The van der Waals surface area contributed by atoms with E-state index in [0.29, 0.717) is 18.8 Å². The number of nitrogens with one attached hydrogen (secondary N) is 1. The van der Waals surface area contributed by atoms with Crippen LogP contribution in [-0.4, -0.2) is 38.2 Å². The molecule has 1 fully saturated rings. The topological polar surface area (TPSA) is 75.7 Å². The molecule has 2 atom stereocenters. The van der Waals surface area contributed by atoms with Gasteiger partial charge >= 0.3 is 0 Å². The number of para-hydroxylation sites is 1. The van der Waals surface area contributed by atoms with Crippen LogP contribution in [0.3, 0.4) is 0 Å². The Labute approximate surface area is 190 Å². The van der Waals surface area contributed by atoms with Gasteiger partial charge in [-0.05, 0) is 31.4 Å². The molecule has 1 heterocycles. The second-order valence-electron chi connectivity index (χ2n) is 8.34. The van der Waals surface area contributed by atoms with Crippen LogP contribution in [0.1, 0.15) is 84.0 Å². The average molecular weight is 471 g/mol. The number of sulfonamides is 1. The summed E-state index contributed by atoms with van der Waals surface area (Å²) in [5.74, 6) is -0.190. The Balaban J connectivity index is 1.74. The summed E-state index contributed by atoms with van der Waals surface area (Å²) in [5, 5.41) is 0. The van der Waals surface area contributed by atoms with Crippen LogP contribution < -0.4 is 9.46 Å². The van der Waals surface area contributed by atoms with Crippen LogP contribution in [0.5, 0.6) is 5.75 Å². The van der Waals surface area contributed by atoms with E-state index >= 15 is 0 Å². The Kier molecular flexibility index (Phi) is 11.8. The van der Waals surface area contributed by atoms with Crippen LogP contribution in [0.15, 0.2) is 29.2 Å². The summed E-state index contributed by atoms with van der Waals surface area (Å²) < 4.78 is 35.4. The number of nitrogens with zero attached hydrogens (tertiary/aromatic N) is 1. The van der Waals surface area contributed by atoms with Crippen molar-refractivity contribution in [3.63, 3.8) is 0 Å². The molecule has 1 aliphatic heterocycles. The standard InChI is InChI=1S/C23H39N2O4PS/c1-2-3-4-5-6-7-8-9-10-13-19-29-21-16-11-12-17-22(21)31(27,28)24-23(26)20-15-14-18-25(20)30/h11-12,16-17,20H,2-10,13-15,18-19,30H2,1H3,(H,24,26)/t20-/m0/s1. The fourth-order valence-electron chi connectivity index (χ4n) is 3.89. The van der Waals surface area contributed by atoms with E-state index in [1.54, 1.807) is 22.9 Å². The van der Waals surface area contributed by atoms with Gasteiger partial charge < -0.3 is 4.74 Å². The number of benzene rings is 1. The summed E-state index contributed by atoms with van der Waals surface area (Å²) in [5.41, 5.74) is 0. The molecule has 1 unspecified atom stereocenters. The summed E-state index contributed by atoms with van der Waals surface area (Å²) in [4.78, 5) is 12.4. The van der Waals surface area contributed by atoms with Crippen LogP contribution in [0.2, 0.25) is 0 Å². The number of carbonyl (C=O) groups is 1. The van der Waals surface area contributed by atoms with Crippen molar-refractivity contribution in [1.82, 2.24) is 9.39 Å². The number of hydrogen-bond acceptors (Lipinski definition) is 5. The molecule has 8 heteroatoms. The number of amides is 1. The fraction of sp³-hybridized carbons (Fsp3) is 0.696. The average Bonchev–Trinajstić information content (AvgIpc) is 3.18. The molecule has 6 nitrogen and oxygen atoms in total. The summed E-state index contributed by atoms with van der Waals surface area (Å²) in [6, 6.07) is 6.09. The third-order valence-electron chi connectivity index (χ3n) is 5.73. The Hall–Kier alpha value is -1.17. The van der Waals surface area contributed by atoms with Crippen molar-refractivity contribution in [2.75, 3.05) is 13.2 Å². The minimum Gasteiger partial charge on any atom is -0.492 e. The quantitative estimate of drug-likeness (QED) is 0.287. The number of ether oxygens (including phenoxy) is 1. The Bertz CT molecular complexity index is 773. The second-order valence-corrected chi connectivity index (χ2v) is 10.7. The van der Waals surface area contributed by atoms with Gasteiger partial charge in [-0.3, -0.25) is 9.46 Å². The maximum atomic E-state index is 12.8. The molecule has 1 aliphatic rings. The minimum absolute atomic E-state index is 0.0173. The molecule has 1 aromatic rings. The van der Waals surface area contributed by atoms with Gasteiger partial charge in [-0.15, -0.1) is 0 Å². The maximum absolute atomic E-state index is 12.8. The van der Waals surface area contributed by atoms with E-state index in [1.807, 2.05) is 0 Å². The second kappa shape index (κ2) is 14.1. The zero-order valence-electron chi connectivity index (χ0n) is 18.9. The van der Waals surface area contributed by atoms with Crippen LogP contribution in [0.25, 0.3) is 0 Å². The first-order valence-corrected chi connectivity index (χ1v) is 13.8. The van der Waals surface area contributed by atoms with Crippen molar-refractivity contribution in [2.24, 2.45) is 0 Å². The lowest BCUT2D eigenvalue weighted by molar-refractivity contribution is -0.122. The van der Waals surface area contributed by atoms with Gasteiger partial charge in [-0.1, -0.05) is 86.2 Å². The molecule has 1 saturated heterocycles. The highest BCUT2D eigenvalue weighted by Crippen LogP contribution is 2.25. The Morgan fingerprint density at radius 3 is 2.29 bits per heavy atom. The smallest absolute Gasteiger partial charge is 0.267 e. The Morgan fingerprint density at radius 2 is 1.68 bits per heavy atom. The van der Waals surface area contributed by atoms with Crippen LogP contribution in [0.4, 0.5) is 0 Å². The molecular weight excluding hydrogens is 431 g/mol. The predicted octanol–water partition coefficient (Wildman–Crippen LogP) is 5.05. The van der Waals surface area contributed by atoms with Crippen molar-refractivity contribution in [3.8, 4) is 5.75 Å². The zero-order valence-corrected chi connectivity index (χ0v) is 20.8. The van der Waals surface area contributed by atoms with Crippen molar-refractivity contribution in [1.29, 1.82) is 0 Å². The molecule has 0 aliphatic carbocycles. The maximum Gasteiger partial charge on any atom is 0.267 e. The van der Waals surface area contributed by atoms with Gasteiger partial charge in [0.2, 0.25) is 0 Å². The van der Waals surface area contributed by atoms with Crippen LogP contribution >= 0.6 is 9.39 Å². The molecule has 1 N–H and O–H groups in total. The molecule has 176 valence electrons. The lowest BCUT2D eigenvalue weighted by Crippen LogP contribution is -2.42. The van der Waals surface area contributed by atoms with E-state index in [2.05, 4.69) is 21.0 Å². The predicted molar refractivity (Wildman–Crippen MR) is 129 cm³/mol. The molecule has 31 heavy (non-hydrogen) atoms. The summed E-state index contributed by atoms with van der Waals surface area (Å²) in [6.07, 6.45) is 13.9. The molecule has 0 spiro atoms. The molecule has 0 radical (unpaired) electrons. The van der Waals surface area contributed by atoms with E-state index in [1.165, 1.54) is 57.4 Å². The first kappa shape index (κ1) is 26.1. The van der Waals surface area contributed by atoms with Crippen LogP contribution in [0, 0.1) is 0 Å². The van der Waals surface area contributed by atoms with Gasteiger partial charge in [0.25, 0.3) is 15.9 Å². The van der Waals surface area contributed by atoms with E-state index in [0.717, 1.165) is 25.8 Å². The zero-order chi connectivity index (χ0) is 22.5. The highest BCUT2D eigenvalue weighted by molar-refractivity contribution is 7.90. The van der Waals surface area contributed by atoms with Crippen LogP contribution in [-0.2, 0) is 14.8 Å². The van der Waals surface area contributed by atoms with E-state index in [9.17, 15) is 13.2 Å². The number of rotatable bonds is 15. The van der Waals surface area contributed by atoms with Gasteiger partial charge in [-0.25, -0.2) is 13.1 Å². The van der Waals surface area contributed by atoms with Gasteiger partial charge in [0.15, 0.2) is 0 Å². The van der Waals surface area contributed by atoms with Gasteiger partial charge in [0.1, 0.15) is 10.6 Å². The molecule has 1 aromatic carbocycles. The minimum atomic E-state index is -3.98. The fourth-order valence-corrected chi connectivity index (χ4v) is 5.52. The highest BCUT2D eigenvalue weighted by Gasteiger charge is 2.32. The lowest BCUT2D eigenvalue weighted by Gasteiger charge is -2.19. The van der Waals surface area contributed by atoms with Gasteiger partial charge in [0, 0.05) is 6.54 Å². The van der Waals surface area contributed by atoms with E-state index in [4.69, 9.17) is 4.74 Å². The van der Waals surface area contributed by atoms with E-state index in [-0.39, 0.29) is 4.90 Å². The molecule has 2 rings (SSSR count). The first-order chi connectivity index (χ1) is 15.0. The van der Waals surface area contributed by atoms with Gasteiger partial charge in [0.05, 0.1) is 12.6 Å².